The first kappa shape index (κ1) is 18.5. The summed E-state index contributed by atoms with van der Waals surface area (Å²) in [6.07, 6.45) is 0.772. The molecule has 0 aromatic heterocycles. The molecule has 0 unspecified atom stereocenters. The summed E-state index contributed by atoms with van der Waals surface area (Å²) in [4.78, 5) is 23.7. The Morgan fingerprint density at radius 2 is 1.95 bits per heavy atom. The van der Waals surface area contributed by atoms with Crippen LogP contribution in [0.3, 0.4) is 0 Å². The van der Waals surface area contributed by atoms with Crippen molar-refractivity contribution in [3.05, 3.63) is 31.3 Å². The number of nitrogens with one attached hydrogen (secondary N) is 1. The molecular formula is C14H16Cl2INO3. The Kier molecular flexibility index (Phi) is 6.74. The van der Waals surface area contributed by atoms with Crippen molar-refractivity contribution >= 4 is 57.7 Å². The fraction of sp³-hybridized carbons (Fsp3) is 0.429. The first-order valence-electron chi connectivity index (χ1n) is 6.29. The van der Waals surface area contributed by atoms with Gasteiger partial charge in [-0.3, -0.25) is 4.79 Å². The van der Waals surface area contributed by atoms with Crippen LogP contribution in [0.1, 0.15) is 37.6 Å². The van der Waals surface area contributed by atoms with Gasteiger partial charge in [-0.05, 0) is 55.0 Å². The number of hydrogen-bond acceptors (Lipinski definition) is 3. The topological polar surface area (TPSA) is 55.4 Å². The number of esters is 1. The Bertz CT molecular complexity index is 561. The minimum Gasteiger partial charge on any atom is -0.452 e. The van der Waals surface area contributed by atoms with Crippen LogP contribution in [0.5, 0.6) is 0 Å². The van der Waals surface area contributed by atoms with Crippen molar-refractivity contribution in [2.75, 3.05) is 6.61 Å². The minimum atomic E-state index is -0.631. The zero-order valence-corrected chi connectivity index (χ0v) is 15.6. The van der Waals surface area contributed by atoms with E-state index in [1.165, 1.54) is 12.1 Å². The zero-order valence-electron chi connectivity index (χ0n) is 11.9. The van der Waals surface area contributed by atoms with Gasteiger partial charge in [-0.2, -0.15) is 0 Å². The van der Waals surface area contributed by atoms with Gasteiger partial charge >= 0.3 is 5.97 Å². The fourth-order valence-corrected chi connectivity index (χ4v) is 2.44. The van der Waals surface area contributed by atoms with E-state index in [4.69, 9.17) is 27.9 Å². The lowest BCUT2D eigenvalue weighted by atomic mass is 10.0. The number of carbonyl (C=O) groups excluding carboxylic acids is 2. The Labute approximate surface area is 147 Å². The summed E-state index contributed by atoms with van der Waals surface area (Å²) in [6, 6.07) is 3.00. The highest BCUT2D eigenvalue weighted by molar-refractivity contribution is 14.1. The number of benzene rings is 1. The second-order valence-electron chi connectivity index (χ2n) is 5.11. The van der Waals surface area contributed by atoms with Crippen LogP contribution in [0, 0.1) is 3.57 Å². The average Bonchev–Trinajstić information content (AvgIpc) is 2.39. The molecule has 116 valence electrons. The van der Waals surface area contributed by atoms with E-state index in [0.717, 1.165) is 6.42 Å². The van der Waals surface area contributed by atoms with Gasteiger partial charge in [0.25, 0.3) is 5.91 Å². The third-order valence-electron chi connectivity index (χ3n) is 2.91. The lowest BCUT2D eigenvalue weighted by Crippen LogP contribution is -2.44. The number of amides is 1. The van der Waals surface area contributed by atoms with Crippen molar-refractivity contribution in [2.45, 2.75) is 32.7 Å². The predicted molar refractivity (Wildman–Crippen MR) is 92.0 cm³/mol. The second kappa shape index (κ2) is 7.65. The third kappa shape index (κ3) is 5.64. The van der Waals surface area contributed by atoms with E-state index in [9.17, 15) is 9.59 Å². The monoisotopic (exact) mass is 443 g/mol. The van der Waals surface area contributed by atoms with E-state index in [2.05, 4.69) is 5.32 Å². The zero-order chi connectivity index (χ0) is 16.2. The van der Waals surface area contributed by atoms with Crippen molar-refractivity contribution in [2.24, 2.45) is 0 Å². The van der Waals surface area contributed by atoms with E-state index < -0.39 is 5.97 Å². The smallest absolute Gasteiger partial charge is 0.339 e. The number of ether oxygens (including phenoxy) is 1. The van der Waals surface area contributed by atoms with Crippen molar-refractivity contribution < 1.29 is 14.3 Å². The van der Waals surface area contributed by atoms with Crippen LogP contribution in [0.2, 0.25) is 10.0 Å². The molecule has 0 aliphatic carbocycles. The molecule has 0 bridgehead atoms. The molecule has 0 saturated heterocycles. The van der Waals surface area contributed by atoms with Gasteiger partial charge in [0.15, 0.2) is 6.61 Å². The molecule has 0 radical (unpaired) electrons. The van der Waals surface area contributed by atoms with Gasteiger partial charge in [-0.25, -0.2) is 4.79 Å². The molecular weight excluding hydrogens is 428 g/mol. The summed E-state index contributed by atoms with van der Waals surface area (Å²) in [6.45, 7) is 5.41. The van der Waals surface area contributed by atoms with Gasteiger partial charge < -0.3 is 10.1 Å². The Hall–Kier alpha value is -0.530. The van der Waals surface area contributed by atoms with Gasteiger partial charge in [0.1, 0.15) is 0 Å². The molecule has 0 saturated carbocycles. The molecule has 0 heterocycles. The largest absolute Gasteiger partial charge is 0.452 e. The summed E-state index contributed by atoms with van der Waals surface area (Å²) < 4.78 is 5.54. The molecule has 1 amide bonds. The maximum atomic E-state index is 12.0. The summed E-state index contributed by atoms with van der Waals surface area (Å²) in [5, 5.41) is 3.48. The Balaban J connectivity index is 2.69. The van der Waals surface area contributed by atoms with Crippen LogP contribution in [-0.2, 0) is 9.53 Å². The maximum absolute atomic E-state index is 12.0. The number of halogens is 3. The van der Waals surface area contributed by atoms with Gasteiger partial charge in [0, 0.05) is 14.1 Å². The number of hydrogen-bond donors (Lipinski definition) is 1. The molecule has 1 aromatic rings. The fourth-order valence-electron chi connectivity index (χ4n) is 1.42. The van der Waals surface area contributed by atoms with Crippen LogP contribution in [0.25, 0.3) is 0 Å². The van der Waals surface area contributed by atoms with Crippen molar-refractivity contribution in [1.82, 2.24) is 5.32 Å². The van der Waals surface area contributed by atoms with E-state index in [0.29, 0.717) is 13.6 Å². The summed E-state index contributed by atoms with van der Waals surface area (Å²) >= 11 is 13.7. The van der Waals surface area contributed by atoms with Gasteiger partial charge in [-0.15, -0.1) is 0 Å². The first-order valence-corrected chi connectivity index (χ1v) is 8.12. The Morgan fingerprint density at radius 1 is 1.33 bits per heavy atom. The highest BCUT2D eigenvalue weighted by atomic mass is 127. The predicted octanol–water partition coefficient (Wildman–Crippen LogP) is 4.06. The van der Waals surface area contributed by atoms with Crippen molar-refractivity contribution in [1.29, 1.82) is 0 Å². The first-order chi connectivity index (χ1) is 9.66. The molecule has 4 nitrogen and oxygen atoms in total. The van der Waals surface area contributed by atoms with Crippen molar-refractivity contribution in [3.8, 4) is 0 Å². The van der Waals surface area contributed by atoms with Gasteiger partial charge in [0.05, 0.1) is 10.6 Å². The van der Waals surface area contributed by atoms with Crippen LogP contribution < -0.4 is 5.32 Å². The van der Waals surface area contributed by atoms with Crippen LogP contribution in [-0.4, -0.2) is 24.0 Å². The number of rotatable bonds is 5. The van der Waals surface area contributed by atoms with Gasteiger partial charge in [0.2, 0.25) is 0 Å². The van der Waals surface area contributed by atoms with E-state index in [-0.39, 0.29) is 23.6 Å². The van der Waals surface area contributed by atoms with E-state index in [1.54, 1.807) is 0 Å². The maximum Gasteiger partial charge on any atom is 0.339 e. The summed E-state index contributed by atoms with van der Waals surface area (Å²) in [7, 11) is 0. The molecule has 1 rings (SSSR count). The molecule has 0 aliphatic rings. The van der Waals surface area contributed by atoms with Gasteiger partial charge in [-0.1, -0.05) is 30.1 Å². The lowest BCUT2D eigenvalue weighted by molar-refractivity contribution is -0.125. The second-order valence-corrected chi connectivity index (χ2v) is 7.03. The highest BCUT2D eigenvalue weighted by Gasteiger charge is 2.20. The van der Waals surface area contributed by atoms with Crippen LogP contribution in [0.15, 0.2) is 12.1 Å². The highest BCUT2D eigenvalue weighted by Crippen LogP contribution is 2.27. The number of carbonyl (C=O) groups is 2. The molecule has 0 aliphatic heterocycles. The van der Waals surface area contributed by atoms with E-state index in [1.807, 2.05) is 43.4 Å². The quantitative estimate of drug-likeness (QED) is 0.424. The third-order valence-corrected chi connectivity index (χ3v) is 4.91. The van der Waals surface area contributed by atoms with E-state index >= 15 is 0 Å². The minimum absolute atomic E-state index is 0.246. The lowest BCUT2D eigenvalue weighted by Gasteiger charge is -2.24. The molecule has 7 heteroatoms. The average molecular weight is 444 g/mol. The SMILES string of the molecule is CCC(C)(C)NC(=O)COC(=O)c1cc(Cl)cc(Cl)c1I. The Morgan fingerprint density at radius 3 is 2.52 bits per heavy atom. The standard InChI is InChI=1S/C14H16Cl2INO3/c1-4-14(2,3)18-11(19)7-21-13(20)9-5-8(15)6-10(16)12(9)17/h5-6H,4,7H2,1-3H3,(H,18,19). The molecule has 0 atom stereocenters. The van der Waals surface area contributed by atoms with Crippen LogP contribution in [0.4, 0.5) is 0 Å². The molecule has 21 heavy (non-hydrogen) atoms. The normalized spacial score (nSPS) is 11.1. The van der Waals surface area contributed by atoms with Crippen molar-refractivity contribution in [3.63, 3.8) is 0 Å². The molecule has 1 N–H and O–H groups in total. The van der Waals surface area contributed by atoms with Crippen LogP contribution >= 0.6 is 45.8 Å². The molecule has 0 spiro atoms. The summed E-state index contributed by atoms with van der Waals surface area (Å²) in [5.74, 6) is -0.980. The summed E-state index contributed by atoms with van der Waals surface area (Å²) in [5.41, 5.74) is -0.0901. The molecule has 1 aromatic carbocycles. The molecule has 0 fully saturated rings.